The summed E-state index contributed by atoms with van der Waals surface area (Å²) >= 11 is 0. The number of carbonyl (C=O) groups excluding carboxylic acids is 1. The van der Waals surface area contributed by atoms with E-state index in [0.717, 1.165) is 11.6 Å². The van der Waals surface area contributed by atoms with E-state index in [1.807, 2.05) is 49.1 Å². The van der Waals surface area contributed by atoms with Gasteiger partial charge in [0.15, 0.2) is 0 Å². The van der Waals surface area contributed by atoms with Gasteiger partial charge in [0.1, 0.15) is 11.6 Å². The molecule has 0 spiro atoms. The highest BCUT2D eigenvalue weighted by Crippen LogP contribution is 2.43. The Balaban J connectivity index is 1.61. The molecule has 5 atom stereocenters. The van der Waals surface area contributed by atoms with Crippen molar-refractivity contribution in [2.24, 2.45) is 17.8 Å². The van der Waals surface area contributed by atoms with Crippen LogP contribution in [0.25, 0.3) is 0 Å². The molecule has 3 unspecified atom stereocenters. The first-order valence-electron chi connectivity index (χ1n) is 12.2. The Hall–Kier alpha value is -2.31. The van der Waals surface area contributed by atoms with Gasteiger partial charge in [-0.3, -0.25) is 9.69 Å². The van der Waals surface area contributed by atoms with E-state index in [0.29, 0.717) is 31.7 Å². The van der Waals surface area contributed by atoms with Crippen LogP contribution >= 0.6 is 0 Å². The van der Waals surface area contributed by atoms with Crippen LogP contribution in [0.2, 0.25) is 0 Å². The fraction of sp³-hybridized carbons (Fsp3) is 0.536. The lowest BCUT2D eigenvalue weighted by molar-refractivity contribution is -0.152. The molecule has 0 bridgehead atoms. The fourth-order valence-electron chi connectivity index (χ4n) is 5.91. The summed E-state index contributed by atoms with van der Waals surface area (Å²) in [7, 11) is 0. The molecule has 34 heavy (non-hydrogen) atoms. The molecule has 2 aromatic rings. The summed E-state index contributed by atoms with van der Waals surface area (Å²) in [4.78, 5) is 17.9. The summed E-state index contributed by atoms with van der Waals surface area (Å²) in [6, 6.07) is 13.3. The van der Waals surface area contributed by atoms with Gasteiger partial charge in [0.2, 0.25) is 5.91 Å². The molecule has 2 heterocycles. The molecule has 2 aliphatic heterocycles. The molecule has 2 saturated heterocycles. The summed E-state index contributed by atoms with van der Waals surface area (Å²) in [5.74, 6) is -2.35. The van der Waals surface area contributed by atoms with Crippen LogP contribution < -0.4 is 0 Å². The van der Waals surface area contributed by atoms with Crippen molar-refractivity contribution < 1.29 is 18.7 Å². The molecule has 1 amide bonds. The Bertz CT molecular complexity index is 1020. The van der Waals surface area contributed by atoms with Gasteiger partial charge in [-0.15, -0.1) is 0 Å². The third-order valence-electron chi connectivity index (χ3n) is 7.99. The number of likely N-dealkylation sites (tertiary alicyclic amines) is 2. The van der Waals surface area contributed by atoms with Gasteiger partial charge in [-0.05, 0) is 38.0 Å². The van der Waals surface area contributed by atoms with Crippen LogP contribution in [-0.2, 0) is 10.4 Å². The topological polar surface area (TPSA) is 43.8 Å². The van der Waals surface area contributed by atoms with E-state index in [4.69, 9.17) is 0 Å². The van der Waals surface area contributed by atoms with Gasteiger partial charge in [0.25, 0.3) is 0 Å². The minimum Gasteiger partial charge on any atom is -0.384 e. The Morgan fingerprint density at radius 3 is 2.15 bits per heavy atom. The second kappa shape index (κ2) is 9.04. The largest absolute Gasteiger partial charge is 0.384 e. The van der Waals surface area contributed by atoms with Gasteiger partial charge < -0.3 is 10.0 Å². The first-order valence-corrected chi connectivity index (χ1v) is 12.2. The van der Waals surface area contributed by atoms with Gasteiger partial charge >= 0.3 is 0 Å². The summed E-state index contributed by atoms with van der Waals surface area (Å²) in [6.45, 7) is 12.1. The number of hydrogen-bond donors (Lipinski definition) is 1. The van der Waals surface area contributed by atoms with Crippen LogP contribution in [0.4, 0.5) is 8.78 Å². The maximum Gasteiger partial charge on any atom is 0.227 e. The first kappa shape index (κ1) is 24.8. The highest BCUT2D eigenvalue weighted by molar-refractivity contribution is 5.81. The molecule has 4 rings (SSSR count). The number of rotatable bonds is 3. The Morgan fingerprint density at radius 1 is 0.971 bits per heavy atom. The van der Waals surface area contributed by atoms with Crippen LogP contribution in [0.5, 0.6) is 0 Å². The maximum absolute atomic E-state index is 14.8. The lowest BCUT2D eigenvalue weighted by Gasteiger charge is -2.48. The zero-order valence-electron chi connectivity index (χ0n) is 20.8. The van der Waals surface area contributed by atoms with E-state index in [-0.39, 0.29) is 29.2 Å². The van der Waals surface area contributed by atoms with Crippen LogP contribution in [0.15, 0.2) is 48.5 Å². The van der Waals surface area contributed by atoms with Crippen molar-refractivity contribution in [1.29, 1.82) is 0 Å². The second-order valence-corrected chi connectivity index (χ2v) is 11.2. The highest BCUT2D eigenvalue weighted by atomic mass is 19.1. The van der Waals surface area contributed by atoms with Gasteiger partial charge in [-0.1, -0.05) is 50.2 Å². The molecule has 0 aromatic heterocycles. The quantitative estimate of drug-likeness (QED) is 0.702. The van der Waals surface area contributed by atoms with Gasteiger partial charge in [0.05, 0.1) is 11.5 Å². The number of aliphatic hydroxyl groups is 1. The van der Waals surface area contributed by atoms with Crippen molar-refractivity contribution in [1.82, 2.24) is 9.80 Å². The molecule has 6 heteroatoms. The normalized spacial score (nSPS) is 30.5. The van der Waals surface area contributed by atoms with Crippen molar-refractivity contribution in [3.8, 4) is 0 Å². The van der Waals surface area contributed by atoms with E-state index in [1.165, 1.54) is 12.1 Å². The number of amides is 1. The minimum absolute atomic E-state index is 0.0192. The first-order chi connectivity index (χ1) is 15.9. The summed E-state index contributed by atoms with van der Waals surface area (Å²) in [5.41, 5.74) is 0.0616. The minimum atomic E-state index is -1.02. The summed E-state index contributed by atoms with van der Waals surface area (Å²) in [5, 5.41) is 11.7. The fourth-order valence-corrected chi connectivity index (χ4v) is 5.91. The molecule has 2 aromatic carbocycles. The van der Waals surface area contributed by atoms with E-state index >= 15 is 0 Å². The van der Waals surface area contributed by atoms with Gasteiger partial charge in [0, 0.05) is 55.5 Å². The predicted octanol–water partition coefficient (Wildman–Crippen LogP) is 4.78. The molecule has 184 valence electrons. The number of nitrogens with zero attached hydrogens (tertiary/aromatic N) is 2. The van der Waals surface area contributed by atoms with Crippen LogP contribution in [-0.4, -0.2) is 52.5 Å². The SMILES string of the molecule is C[C@@H]1CN(C(=O)C2CN(C(C)(C)C)CC2c2ccc(F)cc2F)C[C@H](C)C1(O)c1ccccc1. The zero-order chi connectivity index (χ0) is 24.8. The van der Waals surface area contributed by atoms with Crippen molar-refractivity contribution in [2.75, 3.05) is 26.2 Å². The molecule has 0 saturated carbocycles. The Kier molecular flexibility index (Phi) is 6.60. The lowest BCUT2D eigenvalue weighted by atomic mass is 9.70. The van der Waals surface area contributed by atoms with Crippen molar-refractivity contribution in [3.05, 3.63) is 71.3 Å². The average Bonchev–Trinajstić information content (AvgIpc) is 3.23. The van der Waals surface area contributed by atoms with Crippen molar-refractivity contribution in [3.63, 3.8) is 0 Å². The summed E-state index contributed by atoms with van der Waals surface area (Å²) < 4.78 is 28.4. The van der Waals surface area contributed by atoms with Crippen LogP contribution in [0.3, 0.4) is 0 Å². The number of benzene rings is 2. The highest BCUT2D eigenvalue weighted by Gasteiger charge is 2.50. The number of carbonyl (C=O) groups is 1. The van der Waals surface area contributed by atoms with E-state index in [2.05, 4.69) is 25.7 Å². The number of piperidine rings is 1. The summed E-state index contributed by atoms with van der Waals surface area (Å²) in [6.07, 6.45) is 0. The molecular formula is C28H36F2N2O2. The molecule has 0 aliphatic carbocycles. The molecular weight excluding hydrogens is 434 g/mol. The van der Waals surface area contributed by atoms with Gasteiger partial charge in [-0.25, -0.2) is 8.78 Å². The molecule has 2 aliphatic rings. The maximum atomic E-state index is 14.8. The number of hydrogen-bond acceptors (Lipinski definition) is 3. The van der Waals surface area contributed by atoms with E-state index in [1.54, 1.807) is 0 Å². The Labute approximate surface area is 201 Å². The van der Waals surface area contributed by atoms with E-state index in [9.17, 15) is 18.7 Å². The second-order valence-electron chi connectivity index (χ2n) is 11.2. The third kappa shape index (κ3) is 4.38. The van der Waals surface area contributed by atoms with Crippen molar-refractivity contribution >= 4 is 5.91 Å². The lowest BCUT2D eigenvalue weighted by Crippen LogP contribution is -2.57. The Morgan fingerprint density at radius 2 is 1.59 bits per heavy atom. The molecule has 4 nitrogen and oxygen atoms in total. The smallest absolute Gasteiger partial charge is 0.227 e. The zero-order valence-corrected chi connectivity index (χ0v) is 20.8. The molecule has 2 fully saturated rings. The third-order valence-corrected chi connectivity index (χ3v) is 7.99. The van der Waals surface area contributed by atoms with Crippen molar-refractivity contribution in [2.45, 2.75) is 51.7 Å². The average molecular weight is 471 g/mol. The van der Waals surface area contributed by atoms with E-state index < -0.39 is 23.2 Å². The molecule has 1 N–H and O–H groups in total. The predicted molar refractivity (Wildman–Crippen MR) is 129 cm³/mol. The van der Waals surface area contributed by atoms with Crippen LogP contribution in [0, 0.1) is 29.4 Å². The molecule has 0 radical (unpaired) electrons. The number of halogens is 2. The standard InChI is InChI=1S/C28H36F2N2O2/c1-18-14-31(15-19(2)28(18,34)20-9-7-6-8-10-20)26(33)24-17-32(27(3,4)5)16-23(24)22-12-11-21(29)13-25(22)30/h6-13,18-19,23-24,34H,14-17H2,1-5H3/t18-,19+,23?,24?,28?. The van der Waals surface area contributed by atoms with Gasteiger partial charge in [-0.2, -0.15) is 0 Å². The monoisotopic (exact) mass is 470 g/mol. The van der Waals surface area contributed by atoms with Crippen LogP contribution in [0.1, 0.15) is 51.7 Å².